The van der Waals surface area contributed by atoms with Gasteiger partial charge in [0.15, 0.2) is 6.61 Å². The summed E-state index contributed by atoms with van der Waals surface area (Å²) < 4.78 is 10.5. The zero-order chi connectivity index (χ0) is 17.8. The highest BCUT2D eigenvalue weighted by Crippen LogP contribution is 2.27. The number of aromatic nitrogens is 2. The van der Waals surface area contributed by atoms with Crippen LogP contribution in [-0.2, 0) is 6.61 Å². The summed E-state index contributed by atoms with van der Waals surface area (Å²) in [4.78, 5) is 18.7. The van der Waals surface area contributed by atoms with Crippen LogP contribution in [0.4, 0.5) is 0 Å². The fourth-order valence-electron chi connectivity index (χ4n) is 3.24. The van der Waals surface area contributed by atoms with Crippen molar-refractivity contribution in [3.63, 3.8) is 0 Å². The lowest BCUT2D eigenvalue weighted by molar-refractivity contribution is 0.0679. The summed E-state index contributed by atoms with van der Waals surface area (Å²) >= 11 is 0. The van der Waals surface area contributed by atoms with Gasteiger partial charge >= 0.3 is 0 Å². The zero-order valence-electron chi connectivity index (χ0n) is 15.1. The van der Waals surface area contributed by atoms with Gasteiger partial charge in [-0.2, -0.15) is 4.98 Å². The first-order valence-electron chi connectivity index (χ1n) is 8.82. The Morgan fingerprint density at radius 3 is 2.52 bits per heavy atom. The first-order valence-corrected chi connectivity index (χ1v) is 8.82. The Morgan fingerprint density at radius 1 is 1.24 bits per heavy atom. The Balaban J connectivity index is 1.56. The van der Waals surface area contributed by atoms with Crippen molar-refractivity contribution < 1.29 is 14.1 Å². The molecule has 0 spiro atoms. The van der Waals surface area contributed by atoms with Gasteiger partial charge in [0.2, 0.25) is 11.7 Å². The first kappa shape index (κ1) is 17.5. The van der Waals surface area contributed by atoms with E-state index in [9.17, 15) is 4.79 Å². The van der Waals surface area contributed by atoms with Crippen molar-refractivity contribution in [1.29, 1.82) is 0 Å². The lowest BCUT2D eigenvalue weighted by Crippen LogP contribution is -2.39. The average molecular weight is 343 g/mol. The van der Waals surface area contributed by atoms with E-state index in [0.29, 0.717) is 29.1 Å². The van der Waals surface area contributed by atoms with Crippen LogP contribution in [0.1, 0.15) is 54.7 Å². The van der Waals surface area contributed by atoms with E-state index in [1.54, 1.807) is 31.2 Å². The SMILES string of the molecule is Cc1nc(COc2ccc(C(=O)N(C)C3CCC(C)CC3)cc2)no1. The predicted octanol–water partition coefficient (Wildman–Crippen LogP) is 3.61. The van der Waals surface area contributed by atoms with Crippen LogP contribution < -0.4 is 4.74 Å². The molecule has 6 heteroatoms. The van der Waals surface area contributed by atoms with Crippen LogP contribution in [0.25, 0.3) is 0 Å². The van der Waals surface area contributed by atoms with E-state index in [0.717, 1.165) is 18.8 Å². The molecule has 1 aromatic heterocycles. The number of aryl methyl sites for hydroxylation is 1. The molecule has 1 amide bonds. The minimum atomic E-state index is 0.0693. The third-order valence-electron chi connectivity index (χ3n) is 4.89. The summed E-state index contributed by atoms with van der Waals surface area (Å²) in [6.45, 7) is 4.26. The van der Waals surface area contributed by atoms with Gasteiger partial charge in [0.25, 0.3) is 5.91 Å². The normalized spacial score (nSPS) is 20.3. The second kappa shape index (κ2) is 7.68. The summed E-state index contributed by atoms with van der Waals surface area (Å²) in [5.41, 5.74) is 0.684. The number of benzene rings is 1. The quantitative estimate of drug-likeness (QED) is 0.829. The molecule has 25 heavy (non-hydrogen) atoms. The molecule has 1 heterocycles. The van der Waals surface area contributed by atoms with Crippen LogP contribution in [0.2, 0.25) is 0 Å². The summed E-state index contributed by atoms with van der Waals surface area (Å²) in [7, 11) is 1.91. The number of hydrogen-bond acceptors (Lipinski definition) is 5. The predicted molar refractivity (Wildman–Crippen MR) is 93.3 cm³/mol. The Bertz CT molecular complexity index is 703. The molecule has 0 atom stereocenters. The number of rotatable bonds is 5. The molecule has 134 valence electrons. The number of nitrogens with zero attached hydrogens (tertiary/aromatic N) is 3. The molecular weight excluding hydrogens is 318 g/mol. The summed E-state index contributed by atoms with van der Waals surface area (Å²) in [6, 6.07) is 7.57. The number of amides is 1. The van der Waals surface area contributed by atoms with Crippen molar-refractivity contribution in [3.8, 4) is 5.75 Å². The van der Waals surface area contributed by atoms with E-state index in [1.807, 2.05) is 11.9 Å². The molecule has 0 radical (unpaired) electrons. The maximum absolute atomic E-state index is 12.7. The van der Waals surface area contributed by atoms with Crippen molar-refractivity contribution >= 4 is 5.91 Å². The van der Waals surface area contributed by atoms with Gasteiger partial charge in [0, 0.05) is 25.6 Å². The van der Waals surface area contributed by atoms with Crippen LogP contribution in [-0.4, -0.2) is 34.0 Å². The van der Waals surface area contributed by atoms with Crippen molar-refractivity contribution in [2.45, 2.75) is 52.2 Å². The number of carbonyl (C=O) groups is 1. The van der Waals surface area contributed by atoms with E-state index in [1.165, 1.54) is 12.8 Å². The topological polar surface area (TPSA) is 68.5 Å². The number of ether oxygens (including phenoxy) is 1. The smallest absolute Gasteiger partial charge is 0.253 e. The van der Waals surface area contributed by atoms with Crippen LogP contribution >= 0.6 is 0 Å². The minimum absolute atomic E-state index is 0.0693. The van der Waals surface area contributed by atoms with Crippen molar-refractivity contribution in [1.82, 2.24) is 15.0 Å². The zero-order valence-corrected chi connectivity index (χ0v) is 15.1. The molecule has 1 fully saturated rings. The van der Waals surface area contributed by atoms with Gasteiger partial charge < -0.3 is 14.2 Å². The van der Waals surface area contributed by atoms with Gasteiger partial charge in [-0.1, -0.05) is 12.1 Å². The monoisotopic (exact) mass is 343 g/mol. The second-order valence-electron chi connectivity index (χ2n) is 6.87. The summed E-state index contributed by atoms with van der Waals surface area (Å²) in [5.74, 6) is 2.54. The Hall–Kier alpha value is -2.37. The lowest BCUT2D eigenvalue weighted by Gasteiger charge is -2.33. The number of hydrogen-bond donors (Lipinski definition) is 0. The fourth-order valence-corrected chi connectivity index (χ4v) is 3.24. The van der Waals surface area contributed by atoms with Gasteiger partial charge in [0.1, 0.15) is 5.75 Å². The van der Waals surface area contributed by atoms with E-state index in [-0.39, 0.29) is 12.5 Å². The Morgan fingerprint density at radius 2 is 1.92 bits per heavy atom. The van der Waals surface area contributed by atoms with Crippen molar-refractivity contribution in [3.05, 3.63) is 41.5 Å². The molecule has 0 aliphatic heterocycles. The highest BCUT2D eigenvalue weighted by molar-refractivity contribution is 5.94. The fraction of sp³-hybridized carbons (Fsp3) is 0.526. The molecule has 0 bridgehead atoms. The van der Waals surface area contributed by atoms with Crippen molar-refractivity contribution in [2.24, 2.45) is 5.92 Å². The molecule has 0 N–H and O–H groups in total. The van der Waals surface area contributed by atoms with E-state index in [4.69, 9.17) is 9.26 Å². The van der Waals surface area contributed by atoms with Crippen LogP contribution in [0.5, 0.6) is 5.75 Å². The third-order valence-corrected chi connectivity index (χ3v) is 4.89. The van der Waals surface area contributed by atoms with E-state index < -0.39 is 0 Å². The maximum atomic E-state index is 12.7. The molecule has 1 saturated carbocycles. The maximum Gasteiger partial charge on any atom is 0.253 e. The largest absolute Gasteiger partial charge is 0.485 e. The minimum Gasteiger partial charge on any atom is -0.485 e. The molecule has 2 aromatic rings. The van der Waals surface area contributed by atoms with Crippen molar-refractivity contribution in [2.75, 3.05) is 7.05 Å². The lowest BCUT2D eigenvalue weighted by atomic mass is 9.86. The highest BCUT2D eigenvalue weighted by atomic mass is 16.5. The Labute approximate surface area is 148 Å². The van der Waals surface area contributed by atoms with Crippen LogP contribution in [0.3, 0.4) is 0 Å². The van der Waals surface area contributed by atoms with E-state index >= 15 is 0 Å². The first-order chi connectivity index (χ1) is 12.0. The summed E-state index contributed by atoms with van der Waals surface area (Å²) in [6.07, 6.45) is 4.58. The molecule has 0 saturated heterocycles. The molecule has 0 unspecified atom stereocenters. The van der Waals surface area contributed by atoms with Gasteiger partial charge in [0.05, 0.1) is 0 Å². The molecular formula is C19H25N3O3. The summed E-state index contributed by atoms with van der Waals surface area (Å²) in [5, 5.41) is 3.78. The molecule has 6 nitrogen and oxygen atoms in total. The van der Waals surface area contributed by atoms with Gasteiger partial charge in [-0.15, -0.1) is 0 Å². The molecule has 1 aliphatic rings. The molecule has 3 rings (SSSR count). The van der Waals surface area contributed by atoms with Crippen LogP contribution in [0, 0.1) is 12.8 Å². The third kappa shape index (κ3) is 4.38. The number of carbonyl (C=O) groups excluding carboxylic acids is 1. The average Bonchev–Trinajstić information content (AvgIpc) is 3.05. The van der Waals surface area contributed by atoms with Crippen LogP contribution in [0.15, 0.2) is 28.8 Å². The van der Waals surface area contributed by atoms with E-state index in [2.05, 4.69) is 17.1 Å². The van der Waals surface area contributed by atoms with Gasteiger partial charge in [-0.05, 0) is 55.9 Å². The highest BCUT2D eigenvalue weighted by Gasteiger charge is 2.25. The Kier molecular flexibility index (Phi) is 5.36. The molecule has 1 aliphatic carbocycles. The standard InChI is InChI=1S/C19H25N3O3/c1-13-4-8-16(9-5-13)22(3)19(23)15-6-10-17(11-7-15)24-12-18-20-14(2)25-21-18/h6-7,10-11,13,16H,4-5,8-9,12H2,1-3H3. The molecule has 1 aromatic carbocycles. The second-order valence-corrected chi connectivity index (χ2v) is 6.87. The van der Waals surface area contributed by atoms with Gasteiger partial charge in [-0.25, -0.2) is 0 Å². The van der Waals surface area contributed by atoms with Gasteiger partial charge in [-0.3, -0.25) is 4.79 Å².